The van der Waals surface area contributed by atoms with Crippen LogP contribution in [0.2, 0.25) is 0 Å². The Morgan fingerprint density at radius 1 is 1.06 bits per heavy atom. The van der Waals surface area contributed by atoms with Crippen molar-refractivity contribution < 1.29 is 49.8 Å². The molecule has 168 valence electrons. The van der Waals surface area contributed by atoms with Crippen LogP contribution in [0.5, 0.6) is 5.75 Å². The zero-order valence-corrected chi connectivity index (χ0v) is 15.5. The number of nitrogens with zero attached hydrogens (tertiary/aromatic N) is 1. The highest BCUT2D eigenvalue weighted by Gasteiger charge is 2.44. The van der Waals surface area contributed by atoms with Gasteiger partial charge < -0.3 is 9.47 Å². The van der Waals surface area contributed by atoms with Gasteiger partial charge in [0, 0.05) is 13.2 Å². The minimum Gasteiger partial charge on any atom is -0.428 e. The van der Waals surface area contributed by atoms with Crippen molar-refractivity contribution in [3.05, 3.63) is 59.4 Å². The van der Waals surface area contributed by atoms with Crippen LogP contribution in [-0.4, -0.2) is 38.3 Å². The first-order valence-corrected chi connectivity index (χ1v) is 8.18. The second-order valence-corrected chi connectivity index (χ2v) is 5.78. The van der Waals surface area contributed by atoms with Crippen LogP contribution in [0, 0.1) is 17.5 Å². The predicted molar refractivity (Wildman–Crippen MR) is 91.6 cm³/mol. The number of alkyl halides is 4. The Hall–Kier alpha value is -3.35. The van der Waals surface area contributed by atoms with Gasteiger partial charge in [-0.05, 0) is 24.3 Å². The van der Waals surface area contributed by atoms with Crippen molar-refractivity contribution in [3.63, 3.8) is 0 Å². The molecule has 0 bridgehead atoms. The number of carbonyl (C=O) groups is 2. The first-order valence-electron chi connectivity index (χ1n) is 8.18. The fourth-order valence-corrected chi connectivity index (χ4v) is 2.28. The van der Waals surface area contributed by atoms with Gasteiger partial charge in [-0.15, -0.1) is 0 Å². The first-order chi connectivity index (χ1) is 14.5. The van der Waals surface area contributed by atoms with E-state index < -0.39 is 65.7 Å². The molecular formula is C18H13F7N2O4. The lowest BCUT2D eigenvalue weighted by molar-refractivity contribution is -0.253. The molecule has 0 aromatic heterocycles. The number of rotatable bonds is 7. The van der Waals surface area contributed by atoms with E-state index in [4.69, 9.17) is 4.74 Å². The molecule has 3 amide bonds. The number of methoxy groups -OCH3 is 1. The van der Waals surface area contributed by atoms with Gasteiger partial charge in [-0.2, -0.15) is 17.6 Å². The monoisotopic (exact) mass is 454 g/mol. The molecule has 0 fully saturated rings. The van der Waals surface area contributed by atoms with Crippen LogP contribution >= 0.6 is 0 Å². The summed E-state index contributed by atoms with van der Waals surface area (Å²) >= 11 is 0. The molecule has 2 aromatic carbocycles. The lowest BCUT2D eigenvalue weighted by Crippen LogP contribution is -2.44. The van der Waals surface area contributed by atoms with Crippen molar-refractivity contribution in [2.24, 2.45) is 0 Å². The molecule has 0 radical (unpaired) electrons. The van der Waals surface area contributed by atoms with Crippen LogP contribution in [0.3, 0.4) is 0 Å². The zero-order valence-electron chi connectivity index (χ0n) is 15.5. The van der Waals surface area contributed by atoms with Crippen molar-refractivity contribution in [2.75, 3.05) is 18.7 Å². The van der Waals surface area contributed by atoms with Crippen LogP contribution in [0.25, 0.3) is 0 Å². The summed E-state index contributed by atoms with van der Waals surface area (Å²) in [5, 5.41) is 1.63. The van der Waals surface area contributed by atoms with E-state index in [2.05, 4.69) is 4.74 Å². The van der Waals surface area contributed by atoms with E-state index in [1.54, 1.807) is 5.32 Å². The van der Waals surface area contributed by atoms with E-state index in [1.165, 1.54) is 0 Å². The topological polar surface area (TPSA) is 67.9 Å². The lowest BCUT2D eigenvalue weighted by atomic mass is 10.2. The van der Waals surface area contributed by atoms with Gasteiger partial charge in [0.15, 0.2) is 5.82 Å². The number of benzene rings is 2. The Morgan fingerprint density at radius 3 is 2.19 bits per heavy atom. The maximum Gasteiger partial charge on any atom is 0.461 e. The minimum absolute atomic E-state index is 0.292. The van der Waals surface area contributed by atoms with Gasteiger partial charge in [0.05, 0.1) is 5.69 Å². The summed E-state index contributed by atoms with van der Waals surface area (Å²) in [5.74, 6) is -6.39. The van der Waals surface area contributed by atoms with Crippen LogP contribution < -0.4 is 15.0 Å². The molecule has 0 aliphatic carbocycles. The number of hydrogen-bond donors (Lipinski definition) is 1. The third-order valence-corrected chi connectivity index (χ3v) is 3.63. The summed E-state index contributed by atoms with van der Waals surface area (Å²) in [6.45, 7) is -0.691. The van der Waals surface area contributed by atoms with Gasteiger partial charge in [0.1, 0.15) is 29.7 Å². The van der Waals surface area contributed by atoms with Crippen LogP contribution in [0.15, 0.2) is 36.4 Å². The third-order valence-electron chi connectivity index (χ3n) is 3.63. The quantitative estimate of drug-likeness (QED) is 0.501. The van der Waals surface area contributed by atoms with Crippen molar-refractivity contribution in [3.8, 4) is 5.75 Å². The summed E-state index contributed by atoms with van der Waals surface area (Å²) < 4.78 is 100. The second kappa shape index (κ2) is 9.64. The number of hydrogen-bond acceptors (Lipinski definition) is 4. The summed E-state index contributed by atoms with van der Waals surface area (Å²) in [5.41, 5.74) is -1.72. The Kier molecular flexibility index (Phi) is 7.44. The molecule has 0 unspecified atom stereocenters. The molecule has 2 rings (SSSR count). The number of carbonyl (C=O) groups excluding carboxylic acids is 2. The Balaban J connectivity index is 2.27. The molecule has 0 aliphatic rings. The molecule has 6 nitrogen and oxygen atoms in total. The number of anilines is 1. The van der Waals surface area contributed by atoms with Crippen molar-refractivity contribution in [1.29, 1.82) is 0 Å². The molecule has 0 saturated carbocycles. The van der Waals surface area contributed by atoms with Crippen LogP contribution in [0.1, 0.15) is 10.4 Å². The molecule has 0 saturated heterocycles. The Labute approximate surface area is 170 Å². The lowest BCUT2D eigenvalue weighted by Gasteiger charge is -2.23. The molecule has 0 atom stereocenters. The maximum atomic E-state index is 14.4. The number of amides is 3. The predicted octanol–water partition coefficient (Wildman–Crippen LogP) is 4.30. The van der Waals surface area contributed by atoms with Crippen LogP contribution in [-0.2, 0) is 4.74 Å². The SMILES string of the molecule is COCN(C(=O)NC(=O)c1c(F)cccc1F)c1ccc(OC(F)(F)C(F)F)cc1F. The molecule has 0 aliphatic heterocycles. The largest absolute Gasteiger partial charge is 0.461 e. The van der Waals surface area contributed by atoms with Gasteiger partial charge in [0.25, 0.3) is 5.91 Å². The molecule has 0 spiro atoms. The van der Waals surface area contributed by atoms with Gasteiger partial charge >= 0.3 is 18.6 Å². The molecule has 2 aromatic rings. The fourth-order valence-electron chi connectivity index (χ4n) is 2.28. The van der Waals surface area contributed by atoms with Crippen molar-refractivity contribution >= 4 is 17.6 Å². The van der Waals surface area contributed by atoms with E-state index in [-0.39, 0.29) is 0 Å². The van der Waals surface area contributed by atoms with Crippen LogP contribution in [0.4, 0.5) is 41.2 Å². The highest BCUT2D eigenvalue weighted by atomic mass is 19.3. The average Bonchev–Trinajstić information content (AvgIpc) is 2.66. The number of imide groups is 1. The standard InChI is InChI=1S/C18H13F7N2O4/c1-30-8-27(17(29)26-15(28)14-10(19)3-2-4-11(14)20)13-6-5-9(7-12(13)21)31-18(24,25)16(22)23/h2-7,16H,8H2,1H3,(H,26,28,29). The van der Waals surface area contributed by atoms with E-state index in [0.29, 0.717) is 23.1 Å². The maximum absolute atomic E-state index is 14.4. The Bertz CT molecular complexity index is 952. The number of halogens is 7. The third kappa shape index (κ3) is 5.63. The fraction of sp³-hybridized carbons (Fsp3) is 0.222. The molecule has 13 heteroatoms. The summed E-state index contributed by atoms with van der Waals surface area (Å²) in [6.07, 6.45) is -9.08. The average molecular weight is 454 g/mol. The smallest absolute Gasteiger partial charge is 0.428 e. The molecule has 31 heavy (non-hydrogen) atoms. The van der Waals surface area contributed by atoms with E-state index in [0.717, 1.165) is 25.3 Å². The Morgan fingerprint density at radius 2 is 1.68 bits per heavy atom. The summed E-state index contributed by atoms with van der Waals surface area (Å²) in [4.78, 5) is 24.8. The van der Waals surface area contributed by atoms with Gasteiger partial charge in [-0.1, -0.05) is 6.07 Å². The van der Waals surface area contributed by atoms with Gasteiger partial charge in [0.2, 0.25) is 0 Å². The minimum atomic E-state index is -4.90. The van der Waals surface area contributed by atoms with Crippen molar-refractivity contribution in [1.82, 2.24) is 5.32 Å². The summed E-state index contributed by atoms with van der Waals surface area (Å²) in [6, 6.07) is 2.78. The van der Waals surface area contributed by atoms with Gasteiger partial charge in [-0.25, -0.2) is 18.0 Å². The molecular weight excluding hydrogens is 441 g/mol. The normalized spacial score (nSPS) is 11.4. The van der Waals surface area contributed by atoms with E-state index in [1.807, 2.05) is 0 Å². The highest BCUT2D eigenvalue weighted by Crippen LogP contribution is 2.30. The molecule has 0 heterocycles. The number of ether oxygens (including phenoxy) is 2. The van der Waals surface area contributed by atoms with E-state index >= 15 is 0 Å². The number of urea groups is 1. The highest BCUT2D eigenvalue weighted by molar-refractivity contribution is 6.09. The molecule has 1 N–H and O–H groups in total. The second-order valence-electron chi connectivity index (χ2n) is 5.78. The van der Waals surface area contributed by atoms with Crippen molar-refractivity contribution in [2.45, 2.75) is 12.5 Å². The summed E-state index contributed by atoms with van der Waals surface area (Å²) in [7, 11) is 1.08. The number of nitrogens with one attached hydrogen (secondary N) is 1. The zero-order chi connectivity index (χ0) is 23.3. The van der Waals surface area contributed by atoms with E-state index in [9.17, 15) is 40.3 Å². The first kappa shape index (κ1) is 23.9. The van der Waals surface area contributed by atoms with Gasteiger partial charge in [-0.3, -0.25) is 15.0 Å².